The molecule has 0 saturated heterocycles. The van der Waals surface area contributed by atoms with E-state index in [0.29, 0.717) is 37.0 Å². The maximum atomic E-state index is 12.4. The first kappa shape index (κ1) is 22.8. The van der Waals surface area contributed by atoms with Crippen molar-refractivity contribution >= 4 is 0 Å². The fourth-order valence-electron chi connectivity index (χ4n) is 4.24. The van der Waals surface area contributed by atoms with Crippen LogP contribution in [-0.4, -0.2) is 39.1 Å². The molecule has 0 spiro atoms. The second-order valence-corrected chi connectivity index (χ2v) is 9.43. The third-order valence-electron chi connectivity index (χ3n) is 5.55. The minimum absolute atomic E-state index is 0.0506. The SMILES string of the molecule is CC(C)CC1(O)CC1CC(C)CC(C)(O)CCC(C)CC(O)C(F)F. The molecule has 0 aromatic rings. The lowest BCUT2D eigenvalue weighted by atomic mass is 9.83. The van der Waals surface area contributed by atoms with Crippen LogP contribution in [0.1, 0.15) is 79.6 Å². The highest BCUT2D eigenvalue weighted by atomic mass is 19.3. The van der Waals surface area contributed by atoms with Gasteiger partial charge in [0.15, 0.2) is 0 Å². The predicted octanol–water partition coefficient (Wildman–Crippen LogP) is 4.38. The smallest absolute Gasteiger partial charge is 0.264 e. The summed E-state index contributed by atoms with van der Waals surface area (Å²) in [5, 5.41) is 30.3. The molecule has 0 radical (unpaired) electrons. The Morgan fingerprint density at radius 3 is 2.28 bits per heavy atom. The predicted molar refractivity (Wildman–Crippen MR) is 96.6 cm³/mol. The van der Waals surface area contributed by atoms with E-state index < -0.39 is 23.7 Å². The molecule has 0 aromatic carbocycles. The van der Waals surface area contributed by atoms with Crippen LogP contribution < -0.4 is 0 Å². The minimum atomic E-state index is -2.70. The molecule has 1 aliphatic rings. The molecule has 1 saturated carbocycles. The average Bonchev–Trinajstić information content (AvgIpc) is 3.03. The Labute approximate surface area is 151 Å². The summed E-state index contributed by atoms with van der Waals surface area (Å²) in [6, 6.07) is 0. The molecule has 0 amide bonds. The van der Waals surface area contributed by atoms with E-state index in [2.05, 4.69) is 20.8 Å². The van der Waals surface area contributed by atoms with E-state index in [-0.39, 0.29) is 12.3 Å². The monoisotopic (exact) mass is 364 g/mol. The molecule has 6 atom stereocenters. The van der Waals surface area contributed by atoms with Crippen molar-refractivity contribution in [1.29, 1.82) is 0 Å². The van der Waals surface area contributed by atoms with Gasteiger partial charge in [0.1, 0.15) is 6.10 Å². The van der Waals surface area contributed by atoms with Crippen molar-refractivity contribution in [2.75, 3.05) is 0 Å². The quantitative estimate of drug-likeness (QED) is 0.481. The van der Waals surface area contributed by atoms with Crippen molar-refractivity contribution in [3.05, 3.63) is 0 Å². The van der Waals surface area contributed by atoms with Crippen LogP contribution in [0.5, 0.6) is 0 Å². The zero-order valence-corrected chi connectivity index (χ0v) is 16.5. The number of halogens is 2. The van der Waals surface area contributed by atoms with Gasteiger partial charge in [-0.15, -0.1) is 0 Å². The molecule has 3 N–H and O–H groups in total. The van der Waals surface area contributed by atoms with Crippen LogP contribution in [0.4, 0.5) is 8.78 Å². The Kier molecular flexibility index (Phi) is 8.29. The highest BCUT2D eigenvalue weighted by Crippen LogP contribution is 2.51. The van der Waals surface area contributed by atoms with E-state index in [4.69, 9.17) is 0 Å². The molecule has 150 valence electrons. The van der Waals surface area contributed by atoms with Gasteiger partial charge in [-0.1, -0.05) is 27.7 Å². The summed E-state index contributed by atoms with van der Waals surface area (Å²) >= 11 is 0. The normalized spacial score (nSPS) is 29.5. The third kappa shape index (κ3) is 8.31. The summed E-state index contributed by atoms with van der Waals surface area (Å²) in [6.45, 7) is 9.97. The van der Waals surface area contributed by atoms with Gasteiger partial charge in [-0.3, -0.25) is 0 Å². The number of aliphatic hydroxyl groups is 3. The summed E-state index contributed by atoms with van der Waals surface area (Å²) in [7, 11) is 0. The van der Waals surface area contributed by atoms with Crippen LogP contribution in [0.3, 0.4) is 0 Å². The third-order valence-corrected chi connectivity index (χ3v) is 5.55. The largest absolute Gasteiger partial charge is 0.390 e. The fraction of sp³-hybridized carbons (Fsp3) is 1.00. The first-order valence-electron chi connectivity index (χ1n) is 9.75. The number of aliphatic hydroxyl groups excluding tert-OH is 1. The zero-order chi connectivity index (χ0) is 19.4. The topological polar surface area (TPSA) is 60.7 Å². The van der Waals surface area contributed by atoms with Gasteiger partial charge in [0.05, 0.1) is 11.2 Å². The zero-order valence-electron chi connectivity index (χ0n) is 16.5. The Balaban J connectivity index is 2.32. The van der Waals surface area contributed by atoms with Gasteiger partial charge in [0, 0.05) is 0 Å². The molecule has 6 unspecified atom stereocenters. The van der Waals surface area contributed by atoms with Gasteiger partial charge < -0.3 is 15.3 Å². The van der Waals surface area contributed by atoms with Crippen LogP contribution in [-0.2, 0) is 0 Å². The second-order valence-electron chi connectivity index (χ2n) is 9.43. The number of hydrogen-bond acceptors (Lipinski definition) is 3. The molecular formula is C20H38F2O3. The highest BCUT2D eigenvalue weighted by molar-refractivity contribution is 5.04. The van der Waals surface area contributed by atoms with Crippen LogP contribution in [0.15, 0.2) is 0 Å². The van der Waals surface area contributed by atoms with Crippen molar-refractivity contribution in [2.24, 2.45) is 23.7 Å². The molecule has 0 aromatic heterocycles. The number of rotatable bonds is 12. The van der Waals surface area contributed by atoms with Crippen molar-refractivity contribution in [3.8, 4) is 0 Å². The molecule has 1 fully saturated rings. The van der Waals surface area contributed by atoms with Gasteiger partial charge in [-0.05, 0) is 75.5 Å². The van der Waals surface area contributed by atoms with Crippen molar-refractivity contribution in [3.63, 3.8) is 0 Å². The molecule has 1 rings (SSSR count). The first-order valence-corrected chi connectivity index (χ1v) is 9.75. The van der Waals surface area contributed by atoms with Gasteiger partial charge in [-0.25, -0.2) is 8.78 Å². The molecule has 0 aliphatic heterocycles. The Morgan fingerprint density at radius 1 is 1.16 bits per heavy atom. The van der Waals surface area contributed by atoms with Crippen LogP contribution >= 0.6 is 0 Å². The van der Waals surface area contributed by atoms with Gasteiger partial charge in [0.2, 0.25) is 0 Å². The summed E-state index contributed by atoms with van der Waals surface area (Å²) in [4.78, 5) is 0. The molecule has 0 bridgehead atoms. The van der Waals surface area contributed by atoms with Crippen molar-refractivity contribution in [1.82, 2.24) is 0 Å². The maximum Gasteiger partial charge on any atom is 0.264 e. The standard InChI is InChI=1S/C20H38F2O3/c1-13(2)10-20(25)12-16(20)8-15(4)11-19(5,24)7-6-14(3)9-17(23)18(21)22/h13-18,23-25H,6-12H2,1-5H3. The molecule has 0 heterocycles. The van der Waals surface area contributed by atoms with Gasteiger partial charge >= 0.3 is 0 Å². The highest BCUT2D eigenvalue weighted by Gasteiger charge is 2.52. The van der Waals surface area contributed by atoms with Gasteiger partial charge in [0.25, 0.3) is 6.43 Å². The summed E-state index contributed by atoms with van der Waals surface area (Å²) in [6.07, 6.45) is 0.196. The molecule has 1 aliphatic carbocycles. The Morgan fingerprint density at radius 2 is 1.76 bits per heavy atom. The number of alkyl halides is 2. The van der Waals surface area contributed by atoms with Gasteiger partial charge in [-0.2, -0.15) is 0 Å². The molecule has 3 nitrogen and oxygen atoms in total. The van der Waals surface area contributed by atoms with E-state index in [1.165, 1.54) is 0 Å². The summed E-state index contributed by atoms with van der Waals surface area (Å²) in [5.41, 5.74) is -1.34. The van der Waals surface area contributed by atoms with Crippen LogP contribution in [0.2, 0.25) is 0 Å². The first-order chi connectivity index (χ1) is 11.3. The molecule has 5 heteroatoms. The lowest BCUT2D eigenvalue weighted by molar-refractivity contribution is -0.0213. The maximum absolute atomic E-state index is 12.4. The second kappa shape index (κ2) is 9.09. The van der Waals surface area contributed by atoms with Crippen molar-refractivity contribution in [2.45, 2.75) is 103 Å². The average molecular weight is 365 g/mol. The summed E-state index contributed by atoms with van der Waals surface area (Å²) in [5.74, 6) is 1.08. The van der Waals surface area contributed by atoms with E-state index in [0.717, 1.165) is 19.3 Å². The minimum Gasteiger partial charge on any atom is -0.390 e. The summed E-state index contributed by atoms with van der Waals surface area (Å²) < 4.78 is 24.8. The van der Waals surface area contributed by atoms with E-state index in [9.17, 15) is 24.1 Å². The number of hydrogen-bond donors (Lipinski definition) is 3. The lowest BCUT2D eigenvalue weighted by Gasteiger charge is -2.29. The molecular weight excluding hydrogens is 326 g/mol. The van der Waals surface area contributed by atoms with Crippen LogP contribution in [0.25, 0.3) is 0 Å². The van der Waals surface area contributed by atoms with E-state index >= 15 is 0 Å². The Hall–Kier alpha value is -0.260. The van der Waals surface area contributed by atoms with E-state index in [1.807, 2.05) is 6.92 Å². The Bertz CT molecular complexity index is 400. The van der Waals surface area contributed by atoms with Crippen LogP contribution in [0, 0.1) is 23.7 Å². The van der Waals surface area contributed by atoms with E-state index in [1.54, 1.807) is 6.92 Å². The lowest BCUT2D eigenvalue weighted by Crippen LogP contribution is -2.29. The molecule has 25 heavy (non-hydrogen) atoms. The fourth-order valence-corrected chi connectivity index (χ4v) is 4.24. The van der Waals surface area contributed by atoms with Crippen molar-refractivity contribution < 1.29 is 24.1 Å².